The third kappa shape index (κ3) is 11.1. The van der Waals surface area contributed by atoms with Crippen molar-refractivity contribution in [1.29, 1.82) is 0 Å². The Kier molecular flexibility index (Phi) is 13.4. The summed E-state index contributed by atoms with van der Waals surface area (Å²) in [6, 6.07) is 27.7. The molecule has 6 rings (SSSR count). The Labute approximate surface area is 338 Å². The van der Waals surface area contributed by atoms with Gasteiger partial charge in [0.2, 0.25) is 17.7 Å². The Bertz CT molecular complexity index is 2170. The Morgan fingerprint density at radius 1 is 0.724 bits per heavy atom. The maximum atomic E-state index is 14.7. The number of carbonyl (C=O) groups excluding carboxylic acids is 3. The van der Waals surface area contributed by atoms with Crippen molar-refractivity contribution in [2.24, 2.45) is 0 Å². The van der Waals surface area contributed by atoms with Crippen molar-refractivity contribution in [3.8, 4) is 0 Å². The number of nitrogens with zero attached hydrogens (tertiary/aromatic N) is 5. The fraction of sp³-hybridized carbons (Fsp3) is 0.341. The average Bonchev–Trinajstić information content (AvgIpc) is 3.21. The van der Waals surface area contributed by atoms with Crippen LogP contribution >= 0.6 is 0 Å². The standard InChI is InChI=1S/C44H48F3N5O5S/c1-33(53)49-26-28-50(29-27-49)39-17-10-37(11-18-39)32-52(42(54)21-14-34-8-15-38(16-9-34)44(45,46)47)41(30-35-6-4-3-5-7-35)43(55)51-24-22-48(23-25-51)31-36-12-19-40(20-13-36)58(2,56)57/h3-21,41H,22-32H2,1-2H3/t41-/m0/s1. The molecule has 2 heterocycles. The van der Waals surface area contributed by atoms with E-state index in [1.54, 1.807) is 41.0 Å². The molecule has 3 amide bonds. The van der Waals surface area contributed by atoms with E-state index in [0.717, 1.165) is 34.5 Å². The summed E-state index contributed by atoms with van der Waals surface area (Å²) >= 11 is 0. The molecule has 2 fully saturated rings. The molecule has 58 heavy (non-hydrogen) atoms. The predicted molar refractivity (Wildman–Crippen MR) is 217 cm³/mol. The van der Waals surface area contributed by atoms with Gasteiger partial charge in [-0.25, -0.2) is 8.42 Å². The molecular weight excluding hydrogens is 768 g/mol. The number of rotatable bonds is 12. The Hall–Kier alpha value is -5.47. The lowest BCUT2D eigenvalue weighted by atomic mass is 10.0. The topological polar surface area (TPSA) is 102 Å². The summed E-state index contributed by atoms with van der Waals surface area (Å²) in [7, 11) is -3.31. The number of anilines is 1. The van der Waals surface area contributed by atoms with E-state index in [1.807, 2.05) is 59.5 Å². The van der Waals surface area contributed by atoms with Gasteiger partial charge in [-0.3, -0.25) is 19.3 Å². The fourth-order valence-electron chi connectivity index (χ4n) is 7.28. The van der Waals surface area contributed by atoms with E-state index in [9.17, 15) is 36.0 Å². The highest BCUT2D eigenvalue weighted by Gasteiger charge is 2.34. The highest BCUT2D eigenvalue weighted by Crippen LogP contribution is 2.29. The van der Waals surface area contributed by atoms with Gasteiger partial charge in [0.05, 0.1) is 10.5 Å². The van der Waals surface area contributed by atoms with E-state index in [0.29, 0.717) is 64.5 Å². The van der Waals surface area contributed by atoms with E-state index >= 15 is 0 Å². The van der Waals surface area contributed by atoms with Crippen LogP contribution in [0.15, 0.2) is 114 Å². The van der Waals surface area contributed by atoms with Crippen molar-refractivity contribution in [3.05, 3.63) is 137 Å². The zero-order valence-electron chi connectivity index (χ0n) is 32.6. The molecule has 306 valence electrons. The number of alkyl halides is 3. The van der Waals surface area contributed by atoms with E-state index in [4.69, 9.17) is 0 Å². The van der Waals surface area contributed by atoms with Crippen LogP contribution in [-0.2, 0) is 49.9 Å². The maximum Gasteiger partial charge on any atom is 0.416 e. The molecule has 0 aromatic heterocycles. The molecule has 4 aromatic carbocycles. The van der Waals surface area contributed by atoms with Crippen molar-refractivity contribution >= 4 is 39.3 Å². The van der Waals surface area contributed by atoms with Crippen molar-refractivity contribution in [2.75, 3.05) is 63.5 Å². The normalized spacial score (nSPS) is 16.1. The van der Waals surface area contributed by atoms with Gasteiger partial charge in [-0.1, -0.05) is 66.7 Å². The molecule has 0 bridgehead atoms. The number of amides is 3. The number of piperazine rings is 2. The van der Waals surface area contributed by atoms with Gasteiger partial charge in [0.15, 0.2) is 9.84 Å². The van der Waals surface area contributed by atoms with Crippen LogP contribution in [0, 0.1) is 0 Å². The number of sulfone groups is 1. The maximum absolute atomic E-state index is 14.7. The smallest absolute Gasteiger partial charge is 0.368 e. The van der Waals surface area contributed by atoms with Crippen molar-refractivity contribution < 1.29 is 36.0 Å². The van der Waals surface area contributed by atoms with Crippen LogP contribution in [0.1, 0.15) is 34.7 Å². The second kappa shape index (κ2) is 18.4. The first kappa shape index (κ1) is 42.1. The number of hydrogen-bond donors (Lipinski definition) is 0. The zero-order valence-corrected chi connectivity index (χ0v) is 33.5. The molecule has 0 saturated carbocycles. The minimum absolute atomic E-state index is 0.0486. The highest BCUT2D eigenvalue weighted by molar-refractivity contribution is 7.90. The quantitative estimate of drug-likeness (QED) is 0.168. The third-order valence-electron chi connectivity index (χ3n) is 10.7. The number of hydrogen-bond acceptors (Lipinski definition) is 7. The molecule has 0 N–H and O–H groups in total. The van der Waals surface area contributed by atoms with E-state index in [-0.39, 0.29) is 29.7 Å². The molecule has 1 atom stereocenters. The van der Waals surface area contributed by atoms with Gasteiger partial charge in [-0.05, 0) is 64.7 Å². The summed E-state index contributed by atoms with van der Waals surface area (Å²) in [5.74, 6) is -0.625. The summed E-state index contributed by atoms with van der Waals surface area (Å²) in [6.45, 7) is 6.86. The first-order valence-corrected chi connectivity index (χ1v) is 21.1. The molecule has 4 aromatic rings. The molecule has 14 heteroatoms. The Balaban J connectivity index is 1.24. The average molecular weight is 816 g/mol. The number of halogens is 3. The molecule has 0 spiro atoms. The van der Waals surface area contributed by atoms with Crippen LogP contribution in [0.4, 0.5) is 18.9 Å². The van der Waals surface area contributed by atoms with Crippen LogP contribution < -0.4 is 4.90 Å². The number of carbonyl (C=O) groups is 3. The minimum Gasteiger partial charge on any atom is -0.368 e. The van der Waals surface area contributed by atoms with Gasteiger partial charge in [-0.2, -0.15) is 13.2 Å². The Morgan fingerprint density at radius 2 is 1.31 bits per heavy atom. The second-order valence-electron chi connectivity index (χ2n) is 14.8. The van der Waals surface area contributed by atoms with Gasteiger partial charge in [0, 0.05) is 96.8 Å². The summed E-state index contributed by atoms with van der Waals surface area (Å²) in [6.07, 6.45) is -0.306. The van der Waals surface area contributed by atoms with Gasteiger partial charge in [-0.15, -0.1) is 0 Å². The highest BCUT2D eigenvalue weighted by atomic mass is 32.2. The van der Waals surface area contributed by atoms with Gasteiger partial charge in [0.25, 0.3) is 0 Å². The van der Waals surface area contributed by atoms with Crippen LogP contribution in [0.25, 0.3) is 6.08 Å². The summed E-state index contributed by atoms with van der Waals surface area (Å²) in [5.41, 5.74) is 3.20. The largest absolute Gasteiger partial charge is 0.416 e. The van der Waals surface area contributed by atoms with Crippen LogP contribution in [0.2, 0.25) is 0 Å². The molecule has 10 nitrogen and oxygen atoms in total. The summed E-state index contributed by atoms with van der Waals surface area (Å²) in [5, 5.41) is 0. The molecule has 0 aliphatic carbocycles. The van der Waals surface area contributed by atoms with E-state index in [1.165, 1.54) is 30.5 Å². The van der Waals surface area contributed by atoms with Gasteiger partial charge >= 0.3 is 6.18 Å². The second-order valence-corrected chi connectivity index (χ2v) is 16.8. The van der Waals surface area contributed by atoms with Gasteiger partial charge < -0.3 is 19.6 Å². The first-order chi connectivity index (χ1) is 27.6. The fourth-order valence-corrected chi connectivity index (χ4v) is 7.91. The lowest BCUT2D eigenvalue weighted by Crippen LogP contribution is -2.56. The first-order valence-electron chi connectivity index (χ1n) is 19.2. The van der Waals surface area contributed by atoms with Crippen LogP contribution in [-0.4, -0.2) is 110 Å². The third-order valence-corrected chi connectivity index (χ3v) is 11.8. The lowest BCUT2D eigenvalue weighted by Gasteiger charge is -2.39. The molecule has 2 aliphatic rings. The van der Waals surface area contributed by atoms with Crippen LogP contribution in [0.5, 0.6) is 0 Å². The lowest BCUT2D eigenvalue weighted by molar-refractivity contribution is -0.145. The molecule has 0 unspecified atom stereocenters. The number of benzene rings is 4. The predicted octanol–water partition coefficient (Wildman–Crippen LogP) is 5.78. The monoisotopic (exact) mass is 815 g/mol. The molecule has 2 aliphatic heterocycles. The van der Waals surface area contributed by atoms with Crippen molar-refractivity contribution in [2.45, 2.75) is 43.5 Å². The van der Waals surface area contributed by atoms with Crippen molar-refractivity contribution in [1.82, 2.24) is 19.6 Å². The van der Waals surface area contributed by atoms with Gasteiger partial charge in [0.1, 0.15) is 6.04 Å². The SMILES string of the molecule is CC(=O)N1CCN(c2ccc(CN(C(=O)C=Cc3ccc(C(F)(F)F)cc3)[C@@H](Cc3ccccc3)C(=O)N3CCN(Cc4ccc(S(C)(=O)=O)cc4)CC3)cc2)CC1. The molecular formula is C44H48F3N5O5S. The summed E-state index contributed by atoms with van der Waals surface area (Å²) in [4.78, 5) is 50.6. The van der Waals surface area contributed by atoms with Crippen molar-refractivity contribution in [3.63, 3.8) is 0 Å². The van der Waals surface area contributed by atoms with Crippen LogP contribution in [0.3, 0.4) is 0 Å². The molecule has 0 radical (unpaired) electrons. The molecule has 2 saturated heterocycles. The summed E-state index contributed by atoms with van der Waals surface area (Å²) < 4.78 is 63.5. The zero-order chi connectivity index (χ0) is 41.5. The van der Waals surface area contributed by atoms with E-state index in [2.05, 4.69) is 9.80 Å². The minimum atomic E-state index is -4.49. The van der Waals surface area contributed by atoms with E-state index < -0.39 is 33.5 Å². The Morgan fingerprint density at radius 3 is 1.88 bits per heavy atom.